The number of carbonyl (C=O) groups excluding carboxylic acids is 1. The van der Waals surface area contributed by atoms with Crippen LogP contribution in [-0.4, -0.2) is 5.78 Å². The summed E-state index contributed by atoms with van der Waals surface area (Å²) in [6.07, 6.45) is 7.15. The van der Waals surface area contributed by atoms with Crippen molar-refractivity contribution in [3.8, 4) is 0 Å². The van der Waals surface area contributed by atoms with E-state index in [2.05, 4.69) is 19.1 Å². The second-order valence-electron chi connectivity index (χ2n) is 3.24. The smallest absolute Gasteiger partial charge is 0.152 e. The van der Waals surface area contributed by atoms with Gasteiger partial charge in [0.15, 0.2) is 5.78 Å². The zero-order valence-corrected chi connectivity index (χ0v) is 8.53. The summed E-state index contributed by atoms with van der Waals surface area (Å²) < 4.78 is 0. The highest BCUT2D eigenvalue weighted by Crippen LogP contribution is 2.05. The molecule has 0 N–H and O–H groups in total. The summed E-state index contributed by atoms with van der Waals surface area (Å²) in [5.74, 6) is 0.0684. The minimum Gasteiger partial charge on any atom is -0.295 e. The van der Waals surface area contributed by atoms with Gasteiger partial charge < -0.3 is 0 Å². The van der Waals surface area contributed by atoms with Crippen LogP contribution in [-0.2, 0) is 4.79 Å². The Kier molecular flexibility index (Phi) is 3.86. The zero-order chi connectivity index (χ0) is 10.4. The van der Waals surface area contributed by atoms with Crippen molar-refractivity contribution in [3.05, 3.63) is 53.6 Å². The Hall–Kier alpha value is -1.63. The molecule has 1 nitrogen and oxygen atoms in total. The van der Waals surface area contributed by atoms with E-state index < -0.39 is 0 Å². The highest BCUT2D eigenvalue weighted by atomic mass is 16.1. The van der Waals surface area contributed by atoms with E-state index in [1.165, 1.54) is 12.5 Å². The lowest BCUT2D eigenvalue weighted by Gasteiger charge is -1.93. The van der Waals surface area contributed by atoms with Crippen LogP contribution in [0.15, 0.2) is 42.5 Å². The zero-order valence-electron chi connectivity index (χ0n) is 8.53. The molecule has 1 rings (SSSR count). The lowest BCUT2D eigenvalue weighted by Crippen LogP contribution is -1.77. The van der Waals surface area contributed by atoms with Gasteiger partial charge in [-0.15, -0.1) is 0 Å². The van der Waals surface area contributed by atoms with E-state index in [4.69, 9.17) is 0 Å². The van der Waals surface area contributed by atoms with Crippen LogP contribution in [0.3, 0.4) is 0 Å². The van der Waals surface area contributed by atoms with Gasteiger partial charge in [-0.3, -0.25) is 4.79 Å². The van der Waals surface area contributed by atoms with Crippen molar-refractivity contribution in [1.29, 1.82) is 0 Å². The first kappa shape index (κ1) is 10.5. The molecule has 0 radical (unpaired) electrons. The summed E-state index contributed by atoms with van der Waals surface area (Å²) in [5, 5.41) is 0. The van der Waals surface area contributed by atoms with Gasteiger partial charge in [-0.1, -0.05) is 48.1 Å². The first-order valence-corrected chi connectivity index (χ1v) is 4.60. The van der Waals surface area contributed by atoms with Crippen LogP contribution in [0.4, 0.5) is 0 Å². The highest BCUT2D eigenvalue weighted by molar-refractivity contribution is 5.87. The SMILES string of the molecule is CC(=O)/C=C/C=C/c1cccc(C)c1. The van der Waals surface area contributed by atoms with E-state index in [0.29, 0.717) is 0 Å². The molecule has 0 aromatic heterocycles. The van der Waals surface area contributed by atoms with Crippen LogP contribution in [0.1, 0.15) is 18.1 Å². The summed E-state index contributed by atoms with van der Waals surface area (Å²) in [4.78, 5) is 10.6. The van der Waals surface area contributed by atoms with Crippen molar-refractivity contribution < 1.29 is 4.79 Å². The van der Waals surface area contributed by atoms with Crippen LogP contribution in [0.5, 0.6) is 0 Å². The van der Waals surface area contributed by atoms with Crippen molar-refractivity contribution in [2.75, 3.05) is 0 Å². The molecule has 14 heavy (non-hydrogen) atoms. The maximum Gasteiger partial charge on any atom is 0.152 e. The lowest BCUT2D eigenvalue weighted by molar-refractivity contribution is -0.112. The highest BCUT2D eigenvalue weighted by Gasteiger charge is 1.85. The topological polar surface area (TPSA) is 17.1 Å². The third-order valence-corrected chi connectivity index (χ3v) is 1.77. The predicted molar refractivity (Wildman–Crippen MR) is 60.0 cm³/mol. The molecule has 0 atom stereocenters. The molecule has 0 unspecified atom stereocenters. The number of hydrogen-bond donors (Lipinski definition) is 0. The van der Waals surface area contributed by atoms with Crippen molar-refractivity contribution in [1.82, 2.24) is 0 Å². The molecule has 0 amide bonds. The number of benzene rings is 1. The first-order valence-electron chi connectivity index (χ1n) is 4.60. The maximum atomic E-state index is 10.6. The number of hydrogen-bond acceptors (Lipinski definition) is 1. The second-order valence-corrected chi connectivity index (χ2v) is 3.24. The molecule has 0 saturated carbocycles. The van der Waals surface area contributed by atoms with Crippen molar-refractivity contribution in [3.63, 3.8) is 0 Å². The molecule has 0 bridgehead atoms. The van der Waals surface area contributed by atoms with Crippen LogP contribution >= 0.6 is 0 Å². The van der Waals surface area contributed by atoms with Gasteiger partial charge in [-0.05, 0) is 25.5 Å². The van der Waals surface area contributed by atoms with Gasteiger partial charge in [0.05, 0.1) is 0 Å². The van der Waals surface area contributed by atoms with E-state index in [9.17, 15) is 4.79 Å². The largest absolute Gasteiger partial charge is 0.295 e. The van der Waals surface area contributed by atoms with E-state index in [1.54, 1.807) is 12.2 Å². The summed E-state index contributed by atoms with van der Waals surface area (Å²) in [5.41, 5.74) is 2.39. The Morgan fingerprint density at radius 2 is 2.07 bits per heavy atom. The average molecular weight is 186 g/mol. The molecule has 1 aromatic carbocycles. The van der Waals surface area contributed by atoms with Gasteiger partial charge in [-0.2, -0.15) is 0 Å². The minimum absolute atomic E-state index is 0.0684. The van der Waals surface area contributed by atoms with Gasteiger partial charge in [-0.25, -0.2) is 0 Å². The molecule has 0 aliphatic heterocycles. The third-order valence-electron chi connectivity index (χ3n) is 1.77. The van der Waals surface area contributed by atoms with Gasteiger partial charge >= 0.3 is 0 Å². The van der Waals surface area contributed by atoms with Crippen molar-refractivity contribution in [2.45, 2.75) is 13.8 Å². The second kappa shape index (κ2) is 5.18. The van der Waals surface area contributed by atoms with Crippen LogP contribution in [0.25, 0.3) is 6.08 Å². The molecule has 0 saturated heterocycles. The fourth-order valence-corrected chi connectivity index (χ4v) is 1.13. The van der Waals surface area contributed by atoms with Crippen LogP contribution in [0.2, 0.25) is 0 Å². The molecule has 1 heteroatoms. The average Bonchev–Trinajstić information content (AvgIpc) is 2.12. The van der Waals surface area contributed by atoms with Gasteiger partial charge in [0, 0.05) is 0 Å². The summed E-state index contributed by atoms with van der Waals surface area (Å²) in [6, 6.07) is 8.20. The van der Waals surface area contributed by atoms with E-state index >= 15 is 0 Å². The number of ketones is 1. The number of allylic oxidation sites excluding steroid dienone is 3. The van der Waals surface area contributed by atoms with E-state index in [-0.39, 0.29) is 5.78 Å². The summed E-state index contributed by atoms with van der Waals surface area (Å²) >= 11 is 0. The van der Waals surface area contributed by atoms with E-state index in [1.807, 2.05) is 24.3 Å². The summed E-state index contributed by atoms with van der Waals surface area (Å²) in [6.45, 7) is 3.60. The number of carbonyl (C=O) groups is 1. The summed E-state index contributed by atoms with van der Waals surface area (Å²) in [7, 11) is 0. The standard InChI is InChI=1S/C13H14O/c1-11-6-5-9-13(10-11)8-4-3-7-12(2)14/h3-10H,1-2H3/b7-3+,8-4+. The van der Waals surface area contributed by atoms with Crippen molar-refractivity contribution >= 4 is 11.9 Å². The Morgan fingerprint density at radius 3 is 2.71 bits per heavy atom. The Balaban J connectivity index is 2.64. The molecule has 0 heterocycles. The molecule has 0 spiro atoms. The molecular weight excluding hydrogens is 172 g/mol. The maximum absolute atomic E-state index is 10.6. The van der Waals surface area contributed by atoms with Gasteiger partial charge in [0.1, 0.15) is 0 Å². The number of aryl methyl sites for hydroxylation is 1. The molecule has 0 aliphatic rings. The van der Waals surface area contributed by atoms with E-state index in [0.717, 1.165) is 5.56 Å². The lowest BCUT2D eigenvalue weighted by atomic mass is 10.1. The Morgan fingerprint density at radius 1 is 1.29 bits per heavy atom. The van der Waals surface area contributed by atoms with Crippen molar-refractivity contribution in [2.24, 2.45) is 0 Å². The Bertz CT molecular complexity index is 373. The minimum atomic E-state index is 0.0684. The molecular formula is C13H14O. The quantitative estimate of drug-likeness (QED) is 0.523. The molecule has 0 aliphatic carbocycles. The van der Waals surface area contributed by atoms with Gasteiger partial charge in [0.25, 0.3) is 0 Å². The van der Waals surface area contributed by atoms with Crippen LogP contribution < -0.4 is 0 Å². The monoisotopic (exact) mass is 186 g/mol. The Labute approximate surface area is 84.8 Å². The third kappa shape index (κ3) is 3.85. The normalized spacial score (nSPS) is 11.3. The predicted octanol–water partition coefficient (Wildman–Crippen LogP) is 3.15. The molecule has 0 fully saturated rings. The fraction of sp³-hybridized carbons (Fsp3) is 0.154. The van der Waals surface area contributed by atoms with Gasteiger partial charge in [0.2, 0.25) is 0 Å². The fourth-order valence-electron chi connectivity index (χ4n) is 1.13. The molecule has 1 aromatic rings. The van der Waals surface area contributed by atoms with Crippen LogP contribution in [0, 0.1) is 6.92 Å². The number of rotatable bonds is 3. The molecule has 72 valence electrons. The first-order chi connectivity index (χ1) is 6.68.